The van der Waals surface area contributed by atoms with Crippen molar-refractivity contribution in [3.05, 3.63) is 29.5 Å². The Labute approximate surface area is 76.6 Å². The Morgan fingerprint density at radius 1 is 1.46 bits per heavy atom. The third-order valence-corrected chi connectivity index (χ3v) is 2.31. The summed E-state index contributed by atoms with van der Waals surface area (Å²) in [6, 6.07) is 5.88. The van der Waals surface area contributed by atoms with Gasteiger partial charge in [0.15, 0.2) is 0 Å². The molecule has 0 saturated heterocycles. The summed E-state index contributed by atoms with van der Waals surface area (Å²) < 4.78 is 1.84. The quantitative estimate of drug-likeness (QED) is 0.712. The molecule has 1 N–H and O–H groups in total. The van der Waals surface area contributed by atoms with Gasteiger partial charge in [0.05, 0.1) is 17.8 Å². The largest absolute Gasteiger partial charge is 0.392 e. The zero-order valence-corrected chi connectivity index (χ0v) is 7.78. The van der Waals surface area contributed by atoms with E-state index in [1.54, 1.807) is 0 Å². The van der Waals surface area contributed by atoms with Gasteiger partial charge >= 0.3 is 0 Å². The highest BCUT2D eigenvalue weighted by Gasteiger charge is 2.07. The molecule has 0 atom stereocenters. The lowest BCUT2D eigenvalue weighted by Crippen LogP contribution is -1.89. The van der Waals surface area contributed by atoms with Gasteiger partial charge in [0.1, 0.15) is 0 Å². The summed E-state index contributed by atoms with van der Waals surface area (Å²) in [5.74, 6) is 0. The fourth-order valence-electron chi connectivity index (χ4n) is 1.73. The molecule has 2 aromatic rings. The molecule has 2 rings (SSSR count). The third kappa shape index (κ3) is 1.12. The average Bonchev–Trinajstić information content (AvgIpc) is 2.43. The number of hydrogen-bond donors (Lipinski definition) is 1. The maximum atomic E-state index is 9.13. The second-order valence-electron chi connectivity index (χ2n) is 3.18. The zero-order valence-electron chi connectivity index (χ0n) is 7.78. The zero-order chi connectivity index (χ0) is 9.42. The number of nitrogens with zero attached hydrogens (tertiary/aromatic N) is 2. The van der Waals surface area contributed by atoms with Crippen LogP contribution in [0.4, 0.5) is 0 Å². The summed E-state index contributed by atoms with van der Waals surface area (Å²) in [6.45, 7) is 2.03. The summed E-state index contributed by atoms with van der Waals surface area (Å²) in [5.41, 5.74) is 2.99. The molecule has 0 radical (unpaired) electrons. The number of aromatic nitrogens is 2. The predicted octanol–water partition coefficient (Wildman–Crippen LogP) is 1.37. The molecule has 0 fully saturated rings. The van der Waals surface area contributed by atoms with Gasteiger partial charge in [-0.3, -0.25) is 4.68 Å². The van der Waals surface area contributed by atoms with Crippen LogP contribution in [0.1, 0.15) is 11.3 Å². The average molecular weight is 176 g/mol. The van der Waals surface area contributed by atoms with E-state index in [0.29, 0.717) is 0 Å². The molecule has 1 heterocycles. The first-order valence-electron chi connectivity index (χ1n) is 4.26. The molecule has 0 saturated carbocycles. The van der Waals surface area contributed by atoms with Gasteiger partial charge in [-0.2, -0.15) is 5.10 Å². The Kier molecular flexibility index (Phi) is 1.81. The summed E-state index contributed by atoms with van der Waals surface area (Å²) in [7, 11) is 1.91. The van der Waals surface area contributed by atoms with Gasteiger partial charge in [0.2, 0.25) is 0 Å². The van der Waals surface area contributed by atoms with Gasteiger partial charge in [-0.05, 0) is 18.6 Å². The maximum Gasteiger partial charge on any atom is 0.0689 e. The fraction of sp³-hybridized carbons (Fsp3) is 0.300. The highest BCUT2D eigenvalue weighted by Crippen LogP contribution is 2.21. The minimum atomic E-state index is 0.0733. The van der Waals surface area contributed by atoms with E-state index >= 15 is 0 Å². The van der Waals surface area contributed by atoms with Crippen LogP contribution in [0.15, 0.2) is 18.2 Å². The molecule has 1 aromatic carbocycles. The predicted molar refractivity (Wildman–Crippen MR) is 51.4 cm³/mol. The van der Waals surface area contributed by atoms with Crippen molar-refractivity contribution in [2.45, 2.75) is 13.5 Å². The second-order valence-corrected chi connectivity index (χ2v) is 3.18. The molecule has 1 aromatic heterocycles. The van der Waals surface area contributed by atoms with E-state index in [-0.39, 0.29) is 6.61 Å². The van der Waals surface area contributed by atoms with Gasteiger partial charge in [-0.1, -0.05) is 12.1 Å². The Morgan fingerprint density at radius 3 is 2.92 bits per heavy atom. The minimum Gasteiger partial charge on any atom is -0.392 e. The van der Waals surface area contributed by atoms with Crippen LogP contribution in [0.2, 0.25) is 0 Å². The smallest absolute Gasteiger partial charge is 0.0689 e. The van der Waals surface area contributed by atoms with E-state index < -0.39 is 0 Å². The monoisotopic (exact) mass is 176 g/mol. The standard InChI is InChI=1S/C10H12N2O/c1-7-10-8(6-13)4-3-5-9(10)12(2)11-7/h3-5,13H,6H2,1-2H3. The topological polar surface area (TPSA) is 38.0 Å². The van der Waals surface area contributed by atoms with Crippen LogP contribution in [-0.4, -0.2) is 14.9 Å². The molecule has 3 nitrogen and oxygen atoms in total. The van der Waals surface area contributed by atoms with Crippen molar-refractivity contribution in [2.24, 2.45) is 7.05 Å². The Bertz CT molecular complexity index is 445. The van der Waals surface area contributed by atoms with Crippen molar-refractivity contribution in [1.29, 1.82) is 0 Å². The molecular weight excluding hydrogens is 164 g/mol. The highest BCUT2D eigenvalue weighted by molar-refractivity contribution is 5.85. The first kappa shape index (κ1) is 8.26. The minimum absolute atomic E-state index is 0.0733. The van der Waals surface area contributed by atoms with Gasteiger partial charge < -0.3 is 5.11 Å². The Balaban J connectivity index is 2.88. The maximum absolute atomic E-state index is 9.13. The number of fused-ring (bicyclic) bond motifs is 1. The Morgan fingerprint density at radius 2 is 2.23 bits per heavy atom. The molecule has 0 bridgehead atoms. The van der Waals surface area contributed by atoms with Crippen molar-refractivity contribution in [2.75, 3.05) is 0 Å². The van der Waals surface area contributed by atoms with Crippen molar-refractivity contribution in [3.63, 3.8) is 0 Å². The lowest BCUT2D eigenvalue weighted by atomic mass is 10.1. The first-order chi connectivity index (χ1) is 6.24. The van der Waals surface area contributed by atoms with E-state index in [2.05, 4.69) is 5.10 Å². The SMILES string of the molecule is Cc1nn(C)c2cccc(CO)c12. The van der Waals surface area contributed by atoms with Crippen molar-refractivity contribution in [3.8, 4) is 0 Å². The molecule has 0 amide bonds. The normalized spacial score (nSPS) is 11.0. The fourth-order valence-corrected chi connectivity index (χ4v) is 1.73. The number of rotatable bonds is 1. The number of benzene rings is 1. The van der Waals surface area contributed by atoms with Gasteiger partial charge in [0, 0.05) is 12.4 Å². The molecule has 0 aliphatic rings. The molecule has 0 aliphatic carbocycles. The van der Waals surface area contributed by atoms with E-state index in [4.69, 9.17) is 5.11 Å². The molecule has 0 aliphatic heterocycles. The van der Waals surface area contributed by atoms with Crippen molar-refractivity contribution < 1.29 is 5.11 Å². The van der Waals surface area contributed by atoms with Crippen molar-refractivity contribution >= 4 is 10.9 Å². The van der Waals surface area contributed by atoms with Gasteiger partial charge in [0.25, 0.3) is 0 Å². The molecule has 0 unspecified atom stereocenters. The molecular formula is C10H12N2O. The lowest BCUT2D eigenvalue weighted by molar-refractivity contribution is 0.283. The number of aliphatic hydroxyl groups excluding tert-OH is 1. The van der Waals surface area contributed by atoms with Crippen LogP contribution in [0, 0.1) is 6.92 Å². The molecule has 68 valence electrons. The van der Waals surface area contributed by atoms with E-state index in [1.165, 1.54) is 0 Å². The Hall–Kier alpha value is -1.35. The van der Waals surface area contributed by atoms with Crippen LogP contribution in [0.3, 0.4) is 0 Å². The summed E-state index contributed by atoms with van der Waals surface area (Å²) in [4.78, 5) is 0. The highest BCUT2D eigenvalue weighted by atomic mass is 16.3. The molecule has 0 spiro atoms. The van der Waals surface area contributed by atoms with Crippen LogP contribution in [0.25, 0.3) is 10.9 Å². The van der Waals surface area contributed by atoms with Crippen LogP contribution >= 0.6 is 0 Å². The van der Waals surface area contributed by atoms with E-state index in [0.717, 1.165) is 22.2 Å². The first-order valence-corrected chi connectivity index (χ1v) is 4.26. The van der Waals surface area contributed by atoms with Crippen molar-refractivity contribution in [1.82, 2.24) is 9.78 Å². The molecule has 13 heavy (non-hydrogen) atoms. The summed E-state index contributed by atoms with van der Waals surface area (Å²) in [5, 5.41) is 14.5. The van der Waals surface area contributed by atoms with Crippen LogP contribution in [-0.2, 0) is 13.7 Å². The van der Waals surface area contributed by atoms with E-state index in [1.807, 2.05) is 36.9 Å². The summed E-state index contributed by atoms with van der Waals surface area (Å²) >= 11 is 0. The van der Waals surface area contributed by atoms with Gasteiger partial charge in [-0.15, -0.1) is 0 Å². The number of aryl methyl sites for hydroxylation is 2. The third-order valence-electron chi connectivity index (χ3n) is 2.31. The lowest BCUT2D eigenvalue weighted by Gasteiger charge is -1.98. The molecule has 3 heteroatoms. The second kappa shape index (κ2) is 2.85. The van der Waals surface area contributed by atoms with Gasteiger partial charge in [-0.25, -0.2) is 0 Å². The number of aliphatic hydroxyl groups is 1. The van der Waals surface area contributed by atoms with Crippen LogP contribution in [0.5, 0.6) is 0 Å². The van der Waals surface area contributed by atoms with Crippen LogP contribution < -0.4 is 0 Å². The van der Waals surface area contributed by atoms with E-state index in [9.17, 15) is 0 Å². The number of hydrogen-bond acceptors (Lipinski definition) is 2. The summed E-state index contributed by atoms with van der Waals surface area (Å²) in [6.07, 6.45) is 0.